The summed E-state index contributed by atoms with van der Waals surface area (Å²) in [6, 6.07) is 16.8. The molecule has 362 valence electrons. The molecule has 4 rings (SSSR count). The molecule has 8 N–H and O–H groups in total. The highest BCUT2D eigenvalue weighted by Crippen LogP contribution is 2.41. The van der Waals surface area contributed by atoms with Gasteiger partial charge in [-0.05, 0) is 149 Å². The molecule has 18 heteroatoms. The van der Waals surface area contributed by atoms with E-state index in [4.69, 9.17) is 39.4 Å². The molecule has 0 aliphatic carbocycles. The molecule has 0 amide bonds. The van der Waals surface area contributed by atoms with E-state index in [-0.39, 0.29) is 75.1 Å². The molecule has 0 fully saturated rings. The monoisotopic (exact) mass is 958 g/mol. The standard InChI is InChI=1S/C48H62O16S2/c49-27-37(53)9-1-5-17-61-45(57)33-21-31(22-34(25-33)46(58)62-18-6-2-10-38(54)28-50)41-13-15-43(65-41)44-16-14-42(66-44)32-23-35(47(59)63-19-7-3-11-39(55)29-51)26-36(24-32)48(60)64-20-8-4-12-40(56)30-52/h13-16,21-26,37-40,49-56H,1-12,17-20,27-30H2. The second kappa shape index (κ2) is 29.2. The van der Waals surface area contributed by atoms with Crippen LogP contribution in [0.1, 0.15) is 118 Å². The molecule has 0 bridgehead atoms. The summed E-state index contributed by atoms with van der Waals surface area (Å²) in [7, 11) is 0. The number of unbranched alkanes of at least 4 members (excludes halogenated alkanes) is 4. The van der Waals surface area contributed by atoms with E-state index >= 15 is 0 Å². The zero-order chi connectivity index (χ0) is 47.8. The Kier molecular flexibility index (Phi) is 23.9. The number of carbonyl (C=O) groups is 4. The Morgan fingerprint density at radius 2 is 0.621 bits per heavy atom. The van der Waals surface area contributed by atoms with Crippen molar-refractivity contribution in [3.63, 3.8) is 0 Å². The fourth-order valence-electron chi connectivity index (χ4n) is 6.55. The van der Waals surface area contributed by atoms with Crippen LogP contribution in [0.4, 0.5) is 0 Å². The number of aliphatic hydroxyl groups is 8. The van der Waals surface area contributed by atoms with E-state index in [1.807, 2.05) is 24.3 Å². The topological polar surface area (TPSA) is 267 Å². The maximum absolute atomic E-state index is 13.3. The van der Waals surface area contributed by atoms with Gasteiger partial charge in [0.15, 0.2) is 0 Å². The van der Waals surface area contributed by atoms with E-state index in [9.17, 15) is 39.6 Å². The van der Waals surface area contributed by atoms with Crippen LogP contribution in [0, 0.1) is 0 Å². The molecule has 0 radical (unpaired) electrons. The molecule has 2 heterocycles. The van der Waals surface area contributed by atoms with Crippen molar-refractivity contribution in [2.45, 2.75) is 101 Å². The second-order valence-electron chi connectivity index (χ2n) is 15.8. The third kappa shape index (κ3) is 18.2. The van der Waals surface area contributed by atoms with Crippen molar-refractivity contribution in [1.82, 2.24) is 0 Å². The number of thiophene rings is 2. The Morgan fingerprint density at radius 1 is 0.379 bits per heavy atom. The van der Waals surface area contributed by atoms with Crippen molar-refractivity contribution in [1.29, 1.82) is 0 Å². The number of hydrogen-bond acceptors (Lipinski definition) is 18. The van der Waals surface area contributed by atoms with Crippen LogP contribution in [0.3, 0.4) is 0 Å². The first kappa shape index (κ1) is 54.0. The first-order valence-corrected chi connectivity index (χ1v) is 23.8. The van der Waals surface area contributed by atoms with E-state index in [0.29, 0.717) is 88.2 Å². The number of carbonyl (C=O) groups excluding carboxylic acids is 4. The molecule has 0 aliphatic rings. The zero-order valence-corrected chi connectivity index (χ0v) is 38.5. The molecular formula is C48H62O16S2. The summed E-state index contributed by atoms with van der Waals surface area (Å²) < 4.78 is 22.0. The second-order valence-corrected chi connectivity index (χ2v) is 18.0. The van der Waals surface area contributed by atoms with Gasteiger partial charge >= 0.3 is 23.9 Å². The van der Waals surface area contributed by atoms with Gasteiger partial charge in [0, 0.05) is 19.5 Å². The Bertz CT molecular complexity index is 1870. The Morgan fingerprint density at radius 3 is 0.864 bits per heavy atom. The lowest BCUT2D eigenvalue weighted by molar-refractivity contribution is 0.0464. The smallest absolute Gasteiger partial charge is 0.338 e. The quantitative estimate of drug-likeness (QED) is 0.0175. The van der Waals surface area contributed by atoms with Gasteiger partial charge < -0.3 is 59.8 Å². The molecule has 0 aliphatic heterocycles. The molecular weight excluding hydrogens is 897 g/mol. The predicted molar refractivity (Wildman–Crippen MR) is 247 cm³/mol. The Labute approximate surface area is 392 Å². The first-order chi connectivity index (χ1) is 31.8. The fourth-order valence-corrected chi connectivity index (χ4v) is 8.62. The number of ether oxygens (including phenoxy) is 4. The first-order valence-electron chi connectivity index (χ1n) is 22.2. The van der Waals surface area contributed by atoms with Crippen LogP contribution in [0.25, 0.3) is 30.6 Å². The number of benzene rings is 2. The Balaban J connectivity index is 1.56. The lowest BCUT2D eigenvalue weighted by Crippen LogP contribution is -2.13. The summed E-state index contributed by atoms with van der Waals surface area (Å²) in [5.74, 6) is -2.62. The number of esters is 4. The summed E-state index contributed by atoms with van der Waals surface area (Å²) in [6.45, 7) is -1.17. The van der Waals surface area contributed by atoms with Gasteiger partial charge in [0.1, 0.15) is 0 Å². The van der Waals surface area contributed by atoms with Crippen molar-refractivity contribution in [2.75, 3.05) is 52.9 Å². The minimum Gasteiger partial charge on any atom is -0.462 e. The molecule has 16 nitrogen and oxygen atoms in total. The van der Waals surface area contributed by atoms with Crippen LogP contribution in [0.2, 0.25) is 0 Å². The largest absolute Gasteiger partial charge is 0.462 e. The summed E-state index contributed by atoms with van der Waals surface area (Å²) in [5.41, 5.74) is 1.63. The van der Waals surface area contributed by atoms with Gasteiger partial charge in [-0.15, -0.1) is 22.7 Å². The normalized spacial score (nSPS) is 13.2. The lowest BCUT2D eigenvalue weighted by Gasteiger charge is -2.11. The Hall–Kier alpha value is -4.60. The molecule has 4 atom stereocenters. The highest BCUT2D eigenvalue weighted by atomic mass is 32.1. The van der Waals surface area contributed by atoms with Crippen LogP contribution in [0.15, 0.2) is 60.7 Å². The maximum atomic E-state index is 13.3. The van der Waals surface area contributed by atoms with Crippen LogP contribution in [-0.4, -0.2) is 142 Å². The van der Waals surface area contributed by atoms with Crippen molar-refractivity contribution in [3.05, 3.63) is 82.9 Å². The fraction of sp³-hybridized carbons (Fsp3) is 0.500. The van der Waals surface area contributed by atoms with E-state index < -0.39 is 48.3 Å². The van der Waals surface area contributed by atoms with E-state index in [1.54, 1.807) is 24.3 Å². The molecule has 2 aromatic heterocycles. The van der Waals surface area contributed by atoms with Crippen LogP contribution in [-0.2, 0) is 18.9 Å². The SMILES string of the molecule is O=C(OCCCCC(O)CO)c1cc(C(=O)OCCCCC(O)CO)cc(-c2ccc(-c3ccc(-c4cc(C(=O)OCCCCC(O)CO)cc(C(=O)OCCCCC(O)CO)c4)s3)s2)c1. The average Bonchev–Trinajstić information content (AvgIpc) is 4.04. The summed E-state index contributed by atoms with van der Waals surface area (Å²) in [4.78, 5) is 56.2. The minimum absolute atomic E-state index is 0.0626. The van der Waals surface area contributed by atoms with Crippen LogP contribution in [0.5, 0.6) is 0 Å². The maximum Gasteiger partial charge on any atom is 0.338 e. The van der Waals surface area contributed by atoms with Crippen molar-refractivity contribution >= 4 is 46.6 Å². The van der Waals surface area contributed by atoms with Gasteiger partial charge in [-0.2, -0.15) is 0 Å². The van der Waals surface area contributed by atoms with Crippen molar-refractivity contribution in [3.8, 4) is 30.6 Å². The molecule has 0 saturated carbocycles. The summed E-state index contributed by atoms with van der Waals surface area (Å²) >= 11 is 2.81. The van der Waals surface area contributed by atoms with Gasteiger partial charge in [0.25, 0.3) is 0 Å². The number of aliphatic hydroxyl groups excluding tert-OH is 8. The van der Waals surface area contributed by atoms with Crippen molar-refractivity contribution in [2.24, 2.45) is 0 Å². The minimum atomic E-state index is -0.850. The van der Waals surface area contributed by atoms with E-state index in [0.717, 1.165) is 19.5 Å². The molecule has 4 aromatic rings. The highest BCUT2D eigenvalue weighted by molar-refractivity contribution is 7.25. The molecule has 4 unspecified atom stereocenters. The van der Waals surface area contributed by atoms with Gasteiger partial charge in [-0.1, -0.05) is 0 Å². The third-order valence-corrected chi connectivity index (χ3v) is 12.8. The van der Waals surface area contributed by atoms with Crippen molar-refractivity contribution < 1.29 is 79.0 Å². The molecule has 2 aromatic carbocycles. The predicted octanol–water partition coefficient (Wildman–Crippen LogP) is 5.53. The van der Waals surface area contributed by atoms with Gasteiger partial charge in [-0.3, -0.25) is 0 Å². The molecule has 66 heavy (non-hydrogen) atoms. The number of hydrogen-bond donors (Lipinski definition) is 8. The molecule has 0 saturated heterocycles. The zero-order valence-electron chi connectivity index (χ0n) is 36.9. The van der Waals surface area contributed by atoms with Gasteiger partial charge in [0.05, 0.1) is 99.5 Å². The molecule has 0 spiro atoms. The van der Waals surface area contributed by atoms with Gasteiger partial charge in [-0.25, -0.2) is 19.2 Å². The average molecular weight is 959 g/mol. The summed E-state index contributed by atoms with van der Waals surface area (Å²) in [6.07, 6.45) is 1.93. The van der Waals surface area contributed by atoms with Gasteiger partial charge in [0.2, 0.25) is 0 Å². The van der Waals surface area contributed by atoms with Crippen LogP contribution >= 0.6 is 22.7 Å². The van der Waals surface area contributed by atoms with E-state index in [2.05, 4.69) is 0 Å². The number of rotatable bonds is 31. The third-order valence-electron chi connectivity index (χ3n) is 10.3. The lowest BCUT2D eigenvalue weighted by atomic mass is 10.0. The highest BCUT2D eigenvalue weighted by Gasteiger charge is 2.20. The van der Waals surface area contributed by atoms with E-state index in [1.165, 1.54) is 34.8 Å². The summed E-state index contributed by atoms with van der Waals surface area (Å²) in [5, 5.41) is 74.7. The van der Waals surface area contributed by atoms with Crippen LogP contribution < -0.4 is 0 Å².